The van der Waals surface area contributed by atoms with Crippen LogP contribution in [0, 0.1) is 6.92 Å². The molecule has 0 aliphatic heterocycles. The minimum Gasteiger partial charge on any atom is -0.328 e. The van der Waals surface area contributed by atoms with Crippen molar-refractivity contribution in [2.75, 3.05) is 5.32 Å². The van der Waals surface area contributed by atoms with E-state index in [-0.39, 0.29) is 11.4 Å². The van der Waals surface area contributed by atoms with Crippen LogP contribution >= 0.6 is 0 Å². The van der Waals surface area contributed by atoms with Gasteiger partial charge in [0.25, 0.3) is 5.95 Å². The molecule has 3 aromatic rings. The molecule has 0 saturated heterocycles. The van der Waals surface area contributed by atoms with Crippen molar-refractivity contribution in [2.24, 2.45) is 0 Å². The van der Waals surface area contributed by atoms with Gasteiger partial charge in [-0.15, -0.1) is 0 Å². The molecule has 3 aromatic heterocycles. The highest BCUT2D eigenvalue weighted by Crippen LogP contribution is 2.20. The van der Waals surface area contributed by atoms with E-state index in [1.54, 1.807) is 25.4 Å². The van der Waals surface area contributed by atoms with Gasteiger partial charge in [-0.3, -0.25) is 0 Å². The van der Waals surface area contributed by atoms with E-state index in [9.17, 15) is 13.6 Å². The zero-order chi connectivity index (χ0) is 18.7. The number of carbonyl (C=O) groups excluding carboxylic acids is 1. The molecule has 0 aliphatic carbocycles. The molecule has 0 radical (unpaired) electrons. The zero-order valence-electron chi connectivity index (χ0n) is 13.8. The van der Waals surface area contributed by atoms with Gasteiger partial charge in [0, 0.05) is 12.4 Å². The van der Waals surface area contributed by atoms with E-state index < -0.39 is 18.6 Å². The van der Waals surface area contributed by atoms with E-state index in [1.165, 1.54) is 17.9 Å². The molecule has 1 unspecified atom stereocenters. The van der Waals surface area contributed by atoms with Gasteiger partial charge in [-0.05, 0) is 19.9 Å². The van der Waals surface area contributed by atoms with Crippen molar-refractivity contribution in [2.45, 2.75) is 26.4 Å². The smallest absolute Gasteiger partial charge is 0.328 e. The minimum atomic E-state index is -2.78. The summed E-state index contributed by atoms with van der Waals surface area (Å²) in [5.41, 5.74) is 0.325. The van der Waals surface area contributed by atoms with E-state index in [2.05, 4.69) is 35.8 Å². The molecule has 1 atom stereocenters. The SMILES string of the molecule is Cc1c(NC(=O)NC(C)c2ncnn2-c2ncccn2)cnn1C(F)F. The summed E-state index contributed by atoms with van der Waals surface area (Å²) in [6.07, 6.45) is 5.59. The van der Waals surface area contributed by atoms with Crippen LogP contribution in [0.1, 0.15) is 31.0 Å². The van der Waals surface area contributed by atoms with Crippen molar-refractivity contribution in [1.29, 1.82) is 0 Å². The predicted octanol–water partition coefficient (Wildman–Crippen LogP) is 1.84. The predicted molar refractivity (Wildman–Crippen MR) is 85.7 cm³/mol. The number of anilines is 1. The van der Waals surface area contributed by atoms with Gasteiger partial charge >= 0.3 is 12.6 Å². The average molecular weight is 363 g/mol. The van der Waals surface area contributed by atoms with Crippen LogP contribution in [-0.4, -0.2) is 40.5 Å². The Morgan fingerprint density at radius 2 is 1.92 bits per heavy atom. The third-order valence-electron chi connectivity index (χ3n) is 3.53. The number of hydrogen-bond donors (Lipinski definition) is 2. The Balaban J connectivity index is 1.70. The molecule has 10 nitrogen and oxygen atoms in total. The molecular weight excluding hydrogens is 348 g/mol. The highest BCUT2D eigenvalue weighted by molar-refractivity contribution is 5.89. The summed E-state index contributed by atoms with van der Waals surface area (Å²) in [4.78, 5) is 24.4. The molecule has 0 aliphatic rings. The number of nitrogens with zero attached hydrogens (tertiary/aromatic N) is 7. The summed E-state index contributed by atoms with van der Waals surface area (Å²) in [6.45, 7) is 0.344. The first-order valence-electron chi connectivity index (χ1n) is 7.54. The molecule has 2 N–H and O–H groups in total. The molecular formula is C14H15F2N9O. The van der Waals surface area contributed by atoms with E-state index in [0.717, 1.165) is 6.20 Å². The number of halogens is 2. The fourth-order valence-corrected chi connectivity index (χ4v) is 2.26. The van der Waals surface area contributed by atoms with Gasteiger partial charge < -0.3 is 10.6 Å². The van der Waals surface area contributed by atoms with Crippen LogP contribution < -0.4 is 10.6 Å². The molecule has 26 heavy (non-hydrogen) atoms. The highest BCUT2D eigenvalue weighted by Gasteiger charge is 2.20. The number of aromatic nitrogens is 7. The van der Waals surface area contributed by atoms with Gasteiger partial charge in [-0.25, -0.2) is 24.4 Å². The Morgan fingerprint density at radius 3 is 2.58 bits per heavy atom. The standard InChI is InChI=1S/C14H15F2N9O/c1-8(11-19-7-21-25(11)13-17-4-3-5-18-13)22-14(26)23-10-6-20-24(9(10)2)12(15)16/h3-8,12H,1-2H3,(H2,22,23,26). The third kappa shape index (κ3) is 3.48. The first-order valence-corrected chi connectivity index (χ1v) is 7.54. The highest BCUT2D eigenvalue weighted by atomic mass is 19.3. The molecule has 3 heterocycles. The molecule has 0 spiro atoms. The minimum absolute atomic E-state index is 0.142. The Bertz CT molecular complexity index is 893. The topological polar surface area (TPSA) is 115 Å². The number of carbonyl (C=O) groups is 1. The Kier molecular flexibility index (Phi) is 4.82. The van der Waals surface area contributed by atoms with Crippen molar-refractivity contribution in [3.05, 3.63) is 42.5 Å². The van der Waals surface area contributed by atoms with E-state index in [0.29, 0.717) is 16.5 Å². The summed E-state index contributed by atoms with van der Waals surface area (Å²) in [7, 11) is 0. The summed E-state index contributed by atoms with van der Waals surface area (Å²) in [5, 5.41) is 12.7. The van der Waals surface area contributed by atoms with Gasteiger partial charge in [-0.1, -0.05) is 0 Å². The van der Waals surface area contributed by atoms with Crippen molar-refractivity contribution >= 4 is 11.7 Å². The van der Waals surface area contributed by atoms with E-state index >= 15 is 0 Å². The molecule has 0 saturated carbocycles. The second-order valence-electron chi connectivity index (χ2n) is 5.26. The van der Waals surface area contributed by atoms with E-state index in [1.807, 2.05) is 0 Å². The molecule has 0 fully saturated rings. The monoisotopic (exact) mass is 363 g/mol. The lowest BCUT2D eigenvalue weighted by atomic mass is 10.3. The number of nitrogens with one attached hydrogen (secondary N) is 2. The number of alkyl halides is 2. The summed E-state index contributed by atoms with van der Waals surface area (Å²) >= 11 is 0. The van der Waals surface area contributed by atoms with Crippen LogP contribution in [0.5, 0.6) is 0 Å². The van der Waals surface area contributed by atoms with Crippen LogP contribution in [0.3, 0.4) is 0 Å². The Hall–Kier alpha value is -3.44. The zero-order valence-corrected chi connectivity index (χ0v) is 13.8. The molecule has 0 bridgehead atoms. The van der Waals surface area contributed by atoms with E-state index in [4.69, 9.17) is 0 Å². The first-order chi connectivity index (χ1) is 12.5. The second-order valence-corrected chi connectivity index (χ2v) is 5.26. The quantitative estimate of drug-likeness (QED) is 0.715. The lowest BCUT2D eigenvalue weighted by molar-refractivity contribution is 0.0545. The van der Waals surface area contributed by atoms with Crippen molar-refractivity contribution in [3.63, 3.8) is 0 Å². The largest absolute Gasteiger partial charge is 0.333 e. The number of rotatable bonds is 5. The Morgan fingerprint density at radius 1 is 1.19 bits per heavy atom. The normalized spacial score (nSPS) is 12.2. The maximum absolute atomic E-state index is 12.7. The number of amides is 2. The van der Waals surface area contributed by atoms with Gasteiger partial charge in [0.05, 0.1) is 23.6 Å². The second kappa shape index (κ2) is 7.21. The number of hydrogen-bond acceptors (Lipinski definition) is 6. The summed E-state index contributed by atoms with van der Waals surface area (Å²) < 4.78 is 27.4. The van der Waals surface area contributed by atoms with Crippen molar-refractivity contribution in [3.8, 4) is 5.95 Å². The lowest BCUT2D eigenvalue weighted by Gasteiger charge is -2.14. The third-order valence-corrected chi connectivity index (χ3v) is 3.53. The van der Waals surface area contributed by atoms with Gasteiger partial charge in [-0.2, -0.15) is 23.7 Å². The van der Waals surface area contributed by atoms with Crippen LogP contribution in [0.25, 0.3) is 5.95 Å². The summed E-state index contributed by atoms with van der Waals surface area (Å²) in [5.74, 6) is 0.717. The molecule has 0 aromatic carbocycles. The molecule has 136 valence electrons. The molecule has 12 heteroatoms. The van der Waals surface area contributed by atoms with Crippen LogP contribution in [0.2, 0.25) is 0 Å². The lowest BCUT2D eigenvalue weighted by Crippen LogP contribution is -2.32. The maximum Gasteiger partial charge on any atom is 0.333 e. The van der Waals surface area contributed by atoms with Gasteiger partial charge in [0.1, 0.15) is 6.33 Å². The summed E-state index contributed by atoms with van der Waals surface area (Å²) in [6, 6.07) is 0.515. The van der Waals surface area contributed by atoms with Crippen molar-refractivity contribution < 1.29 is 13.6 Å². The van der Waals surface area contributed by atoms with Crippen LogP contribution in [0.4, 0.5) is 19.3 Å². The molecule has 2 amide bonds. The maximum atomic E-state index is 12.7. The Labute approximate surface area is 146 Å². The van der Waals surface area contributed by atoms with Crippen molar-refractivity contribution in [1.82, 2.24) is 39.8 Å². The van der Waals surface area contributed by atoms with Crippen LogP contribution in [0.15, 0.2) is 31.0 Å². The number of urea groups is 1. The average Bonchev–Trinajstić information content (AvgIpc) is 3.23. The van der Waals surface area contributed by atoms with Gasteiger partial charge in [0.2, 0.25) is 0 Å². The first kappa shape index (κ1) is 17.4. The van der Waals surface area contributed by atoms with Gasteiger partial charge in [0.15, 0.2) is 5.82 Å². The fraction of sp³-hybridized carbons (Fsp3) is 0.286. The van der Waals surface area contributed by atoms with Crippen LogP contribution in [-0.2, 0) is 0 Å². The molecule has 3 rings (SSSR count). The fourth-order valence-electron chi connectivity index (χ4n) is 2.26.